The molecule has 0 radical (unpaired) electrons. The van der Waals surface area contributed by atoms with Crippen molar-refractivity contribution in [3.05, 3.63) is 45.5 Å². The predicted octanol–water partition coefficient (Wildman–Crippen LogP) is 6.77. The average Bonchev–Trinajstić information content (AvgIpc) is 2.67. The molecule has 0 bridgehead atoms. The van der Waals surface area contributed by atoms with Crippen LogP contribution in [0.4, 0.5) is 0 Å². The molecule has 28 heavy (non-hydrogen) atoms. The van der Waals surface area contributed by atoms with E-state index < -0.39 is 0 Å². The summed E-state index contributed by atoms with van der Waals surface area (Å²) < 4.78 is 0. The highest BCUT2D eigenvalue weighted by atomic mass is 16.3. The summed E-state index contributed by atoms with van der Waals surface area (Å²) in [5.74, 6) is 1.33. The molecule has 2 aromatic rings. The first kappa shape index (κ1) is 19.4. The van der Waals surface area contributed by atoms with Gasteiger partial charge in [-0.1, -0.05) is 39.8 Å². The van der Waals surface area contributed by atoms with Crippen molar-refractivity contribution in [3.63, 3.8) is 0 Å². The van der Waals surface area contributed by atoms with Crippen LogP contribution in [0.25, 0.3) is 11.1 Å². The van der Waals surface area contributed by atoms with Gasteiger partial charge in [0.2, 0.25) is 0 Å². The third-order valence-electron chi connectivity index (χ3n) is 6.80. The van der Waals surface area contributed by atoms with Crippen LogP contribution in [0.5, 0.6) is 11.5 Å². The van der Waals surface area contributed by atoms with Crippen LogP contribution < -0.4 is 0 Å². The Kier molecular flexibility index (Phi) is 5.16. The number of rotatable bonds is 3. The van der Waals surface area contributed by atoms with E-state index in [1.165, 1.54) is 35.1 Å². The van der Waals surface area contributed by atoms with Crippen molar-refractivity contribution in [1.29, 1.82) is 0 Å². The molecule has 2 aliphatic rings. The maximum atomic E-state index is 11.4. The third-order valence-corrected chi connectivity index (χ3v) is 6.80. The molecule has 0 aliphatic heterocycles. The molecule has 4 rings (SSSR count). The van der Waals surface area contributed by atoms with Crippen molar-refractivity contribution in [2.24, 2.45) is 0 Å². The van der Waals surface area contributed by atoms with Crippen molar-refractivity contribution < 1.29 is 10.2 Å². The Morgan fingerprint density at radius 1 is 0.607 bits per heavy atom. The van der Waals surface area contributed by atoms with Gasteiger partial charge in [0, 0.05) is 11.1 Å². The zero-order valence-electron chi connectivity index (χ0n) is 17.9. The van der Waals surface area contributed by atoms with E-state index in [-0.39, 0.29) is 11.8 Å². The van der Waals surface area contributed by atoms with E-state index in [4.69, 9.17) is 0 Å². The lowest BCUT2D eigenvalue weighted by molar-refractivity contribution is 0.455. The standard InChI is InChI=1S/C26H34O2/c1-15(2)21-13-17-9-5-7-11-19(17)23(25(21)27)24-20-12-8-6-10-18(20)14-22(16(3)4)26(24)28/h13-16,27-28H,5-12H2,1-4H3. The van der Waals surface area contributed by atoms with Crippen LogP contribution in [0, 0.1) is 0 Å². The predicted molar refractivity (Wildman–Crippen MR) is 117 cm³/mol. The highest BCUT2D eigenvalue weighted by Gasteiger charge is 2.29. The minimum Gasteiger partial charge on any atom is -0.507 e. The Balaban J connectivity index is 2.09. The number of phenols is 2. The molecule has 2 nitrogen and oxygen atoms in total. The number of hydrogen-bond donors (Lipinski definition) is 2. The summed E-state index contributed by atoms with van der Waals surface area (Å²) in [6, 6.07) is 4.46. The Labute approximate surface area is 169 Å². The van der Waals surface area contributed by atoms with Crippen LogP contribution in [0.1, 0.15) is 98.6 Å². The van der Waals surface area contributed by atoms with E-state index in [0.29, 0.717) is 11.5 Å². The maximum absolute atomic E-state index is 11.4. The number of hydrogen-bond acceptors (Lipinski definition) is 2. The fourth-order valence-electron chi connectivity index (χ4n) is 5.25. The van der Waals surface area contributed by atoms with Crippen molar-refractivity contribution >= 4 is 0 Å². The molecule has 2 aliphatic carbocycles. The van der Waals surface area contributed by atoms with Crippen molar-refractivity contribution in [2.75, 3.05) is 0 Å². The highest BCUT2D eigenvalue weighted by Crippen LogP contribution is 2.50. The second-order valence-corrected chi connectivity index (χ2v) is 9.38. The summed E-state index contributed by atoms with van der Waals surface area (Å²) in [5.41, 5.74) is 9.24. The quantitative estimate of drug-likeness (QED) is 0.619. The second-order valence-electron chi connectivity index (χ2n) is 9.38. The number of phenolic OH excluding ortho intramolecular Hbond substituents is 2. The molecular weight excluding hydrogens is 344 g/mol. The van der Waals surface area contributed by atoms with Crippen molar-refractivity contribution in [3.8, 4) is 22.6 Å². The smallest absolute Gasteiger partial charge is 0.127 e. The van der Waals surface area contributed by atoms with E-state index in [9.17, 15) is 10.2 Å². The van der Waals surface area contributed by atoms with Gasteiger partial charge in [-0.25, -0.2) is 0 Å². The monoisotopic (exact) mass is 378 g/mol. The molecule has 2 heteroatoms. The molecule has 0 aromatic heterocycles. The zero-order chi connectivity index (χ0) is 20.0. The number of aryl methyl sites for hydroxylation is 2. The minimum absolute atomic E-state index is 0.261. The number of aromatic hydroxyl groups is 2. The first-order chi connectivity index (χ1) is 13.4. The van der Waals surface area contributed by atoms with E-state index in [1.54, 1.807) is 0 Å². The van der Waals surface area contributed by atoms with Crippen LogP contribution in [-0.2, 0) is 25.7 Å². The molecule has 0 unspecified atom stereocenters. The van der Waals surface area contributed by atoms with Gasteiger partial charge in [0.05, 0.1) is 0 Å². The summed E-state index contributed by atoms with van der Waals surface area (Å²) in [7, 11) is 0. The zero-order valence-corrected chi connectivity index (χ0v) is 17.9. The number of fused-ring (bicyclic) bond motifs is 2. The van der Waals surface area contributed by atoms with Gasteiger partial charge >= 0.3 is 0 Å². The summed E-state index contributed by atoms with van der Waals surface area (Å²) >= 11 is 0. The van der Waals surface area contributed by atoms with E-state index >= 15 is 0 Å². The van der Waals surface area contributed by atoms with Crippen molar-refractivity contribution in [2.45, 2.75) is 90.9 Å². The molecule has 0 saturated heterocycles. The molecule has 150 valence electrons. The van der Waals surface area contributed by atoms with Crippen LogP contribution in [0.2, 0.25) is 0 Å². The molecule has 2 N–H and O–H groups in total. The van der Waals surface area contributed by atoms with Crippen molar-refractivity contribution in [1.82, 2.24) is 0 Å². The lowest BCUT2D eigenvalue weighted by Crippen LogP contribution is -2.11. The molecule has 2 aromatic carbocycles. The Bertz CT molecular complexity index is 830. The van der Waals surface area contributed by atoms with Crippen LogP contribution in [0.15, 0.2) is 12.1 Å². The molecule has 0 fully saturated rings. The van der Waals surface area contributed by atoms with Gasteiger partial charge in [0.1, 0.15) is 11.5 Å². The summed E-state index contributed by atoms with van der Waals surface area (Å²) in [5, 5.41) is 22.8. The van der Waals surface area contributed by atoms with Gasteiger partial charge in [0.15, 0.2) is 0 Å². The second kappa shape index (κ2) is 7.46. The summed E-state index contributed by atoms with van der Waals surface area (Å²) in [4.78, 5) is 0. The van der Waals surface area contributed by atoms with Crippen LogP contribution in [-0.4, -0.2) is 10.2 Å². The lowest BCUT2D eigenvalue weighted by Gasteiger charge is -2.29. The maximum Gasteiger partial charge on any atom is 0.127 e. The fraction of sp³-hybridized carbons (Fsp3) is 0.538. The summed E-state index contributed by atoms with van der Waals surface area (Å²) in [6.45, 7) is 8.59. The largest absolute Gasteiger partial charge is 0.507 e. The highest BCUT2D eigenvalue weighted by molar-refractivity contribution is 5.85. The van der Waals surface area contributed by atoms with Gasteiger partial charge in [-0.05, 0) is 96.6 Å². The van der Waals surface area contributed by atoms with Crippen LogP contribution in [0.3, 0.4) is 0 Å². The molecule has 0 saturated carbocycles. The third kappa shape index (κ3) is 3.11. The fourth-order valence-corrected chi connectivity index (χ4v) is 5.25. The number of benzene rings is 2. The normalized spacial score (nSPS) is 16.4. The van der Waals surface area contributed by atoms with E-state index in [1.807, 2.05) is 0 Å². The average molecular weight is 379 g/mol. The van der Waals surface area contributed by atoms with Gasteiger partial charge in [-0.15, -0.1) is 0 Å². The first-order valence-corrected chi connectivity index (χ1v) is 11.2. The van der Waals surface area contributed by atoms with Crippen LogP contribution >= 0.6 is 0 Å². The Morgan fingerprint density at radius 2 is 0.964 bits per heavy atom. The van der Waals surface area contributed by atoms with Gasteiger partial charge in [-0.3, -0.25) is 0 Å². The molecule has 0 amide bonds. The molecule has 0 heterocycles. The van der Waals surface area contributed by atoms with Gasteiger partial charge in [0.25, 0.3) is 0 Å². The van der Waals surface area contributed by atoms with Gasteiger partial charge < -0.3 is 10.2 Å². The Morgan fingerprint density at radius 3 is 1.32 bits per heavy atom. The molecule has 0 spiro atoms. The first-order valence-electron chi connectivity index (χ1n) is 11.2. The SMILES string of the molecule is CC(C)c1cc2c(c(-c3c(O)c(C(C)C)cc4c3CCCC4)c1O)CCCC2. The van der Waals surface area contributed by atoms with Gasteiger partial charge in [-0.2, -0.15) is 0 Å². The molecule has 0 atom stereocenters. The topological polar surface area (TPSA) is 40.5 Å². The summed E-state index contributed by atoms with van der Waals surface area (Å²) in [6.07, 6.45) is 8.90. The lowest BCUT2D eigenvalue weighted by atomic mass is 9.76. The minimum atomic E-state index is 0.261. The van der Waals surface area contributed by atoms with E-state index in [2.05, 4.69) is 39.8 Å². The molecular formula is C26H34O2. The Hall–Kier alpha value is -1.96. The van der Waals surface area contributed by atoms with E-state index in [0.717, 1.165) is 60.8 Å².